The molecule has 0 bridgehead atoms. The molecule has 3 aromatic rings. The van der Waals surface area contributed by atoms with Crippen molar-refractivity contribution in [3.05, 3.63) is 89.8 Å². The third kappa shape index (κ3) is 7.94. The largest absolute Gasteiger partial charge is 0.405 e. The zero-order valence-electron chi connectivity index (χ0n) is 22.9. The summed E-state index contributed by atoms with van der Waals surface area (Å²) >= 11 is 0. The summed E-state index contributed by atoms with van der Waals surface area (Å²) in [6, 6.07) is 15.2. The lowest BCUT2D eigenvalue weighted by atomic mass is 9.99. The Morgan fingerprint density at radius 2 is 1.78 bits per heavy atom. The van der Waals surface area contributed by atoms with Crippen LogP contribution in [0.1, 0.15) is 61.4 Å². The number of fused-ring (bicyclic) bond motifs is 1. The first-order chi connectivity index (χ1) is 17.4. The average molecular weight is 489 g/mol. The number of benzene rings is 2. The number of nitrogens with zero attached hydrogens (tertiary/aromatic N) is 2. The summed E-state index contributed by atoms with van der Waals surface area (Å²) in [5.41, 5.74) is 13.3. The Kier molecular flexibility index (Phi) is 11.6. The van der Waals surface area contributed by atoms with Crippen LogP contribution in [0.25, 0.3) is 5.70 Å². The Morgan fingerprint density at radius 1 is 1.06 bits per heavy atom. The molecule has 0 aliphatic carbocycles. The number of hydrogen-bond acceptors (Lipinski definition) is 5. The van der Waals surface area contributed by atoms with Crippen molar-refractivity contribution in [1.82, 2.24) is 9.78 Å². The van der Waals surface area contributed by atoms with E-state index in [1.807, 2.05) is 17.9 Å². The molecular weight excluding hydrogens is 444 g/mol. The van der Waals surface area contributed by atoms with E-state index in [4.69, 9.17) is 0 Å². The van der Waals surface area contributed by atoms with Crippen molar-refractivity contribution in [2.45, 2.75) is 59.9 Å². The number of anilines is 3. The second kappa shape index (κ2) is 14.7. The van der Waals surface area contributed by atoms with Crippen LogP contribution < -0.4 is 21.7 Å². The molecule has 1 aromatic heterocycles. The van der Waals surface area contributed by atoms with Gasteiger partial charge in [-0.05, 0) is 81.3 Å². The summed E-state index contributed by atoms with van der Waals surface area (Å²) in [7, 11) is 1.96. The van der Waals surface area contributed by atoms with E-state index >= 15 is 0 Å². The van der Waals surface area contributed by atoms with Gasteiger partial charge in [-0.15, -0.1) is 0 Å². The van der Waals surface area contributed by atoms with Crippen molar-refractivity contribution in [2.24, 2.45) is 5.73 Å². The first-order valence-electron chi connectivity index (χ1n) is 12.8. The highest BCUT2D eigenvalue weighted by Gasteiger charge is 2.20. The molecule has 4 rings (SSSR count). The Hall–Kier alpha value is -3.67. The van der Waals surface area contributed by atoms with Crippen LogP contribution in [0.15, 0.2) is 67.5 Å². The Bertz CT molecular complexity index is 1130. The van der Waals surface area contributed by atoms with Crippen LogP contribution in [0, 0.1) is 20.8 Å². The van der Waals surface area contributed by atoms with E-state index in [1.165, 1.54) is 64.8 Å². The first kappa shape index (κ1) is 28.6. The van der Waals surface area contributed by atoms with Gasteiger partial charge in [-0.3, -0.25) is 0 Å². The molecule has 5 N–H and O–H groups in total. The summed E-state index contributed by atoms with van der Waals surface area (Å²) in [4.78, 5) is 0. The predicted octanol–water partition coefficient (Wildman–Crippen LogP) is 7.25. The summed E-state index contributed by atoms with van der Waals surface area (Å²) in [5.74, 6) is 1.10. The standard InChI is InChI=1S/C15H17N3.C13H22N2.C2H5N/c1-10-6-4-5-7-13(10)14-8-12(3)18-15(17-14)11(2)9-16-18;1-4-5-6-9-15-12-7-8-13(14-3)11(2)10-12;1-2-3/h4-9,14,17H,1-3H3;7-8,10,14-15H,4-6,9H2,1-3H3;2H,1,3H2. The third-order valence-electron chi connectivity index (χ3n) is 6.12. The van der Waals surface area contributed by atoms with Crippen LogP contribution >= 0.6 is 0 Å². The van der Waals surface area contributed by atoms with Gasteiger partial charge in [0.1, 0.15) is 5.82 Å². The summed E-state index contributed by atoms with van der Waals surface area (Å²) in [6.45, 7) is 14.9. The molecule has 2 heterocycles. The minimum atomic E-state index is 0.231. The average Bonchev–Trinajstić information content (AvgIpc) is 3.24. The highest BCUT2D eigenvalue weighted by atomic mass is 15.3. The zero-order chi connectivity index (χ0) is 26.5. The quantitative estimate of drug-likeness (QED) is 0.263. The van der Waals surface area contributed by atoms with Crippen LogP contribution in [-0.4, -0.2) is 23.4 Å². The zero-order valence-corrected chi connectivity index (χ0v) is 22.9. The molecule has 1 unspecified atom stereocenters. The maximum atomic E-state index is 4.61. The molecule has 194 valence electrons. The molecule has 0 saturated heterocycles. The van der Waals surface area contributed by atoms with Gasteiger partial charge in [0.15, 0.2) is 0 Å². The van der Waals surface area contributed by atoms with Gasteiger partial charge >= 0.3 is 0 Å². The highest BCUT2D eigenvalue weighted by molar-refractivity contribution is 5.62. The number of nitrogens with one attached hydrogen (secondary N) is 3. The molecule has 0 saturated carbocycles. The second-order valence-corrected chi connectivity index (χ2v) is 9.02. The van der Waals surface area contributed by atoms with Gasteiger partial charge in [0.2, 0.25) is 0 Å². The maximum Gasteiger partial charge on any atom is 0.133 e. The smallest absolute Gasteiger partial charge is 0.133 e. The topological polar surface area (TPSA) is 79.9 Å². The molecule has 0 amide bonds. The van der Waals surface area contributed by atoms with Crippen molar-refractivity contribution < 1.29 is 0 Å². The second-order valence-electron chi connectivity index (χ2n) is 9.02. The summed E-state index contributed by atoms with van der Waals surface area (Å²) < 4.78 is 1.96. The predicted molar refractivity (Wildman–Crippen MR) is 158 cm³/mol. The SMILES string of the molecule is C=CN.CC1=CC(c2ccccc2C)Nc2c(C)cnn21.CCCCCNc1ccc(NC)c(C)c1. The molecule has 6 heteroatoms. The van der Waals surface area contributed by atoms with Crippen LogP contribution in [0.3, 0.4) is 0 Å². The van der Waals surface area contributed by atoms with Gasteiger partial charge in [-0.25, -0.2) is 4.68 Å². The lowest BCUT2D eigenvalue weighted by molar-refractivity contribution is 0.744. The van der Waals surface area contributed by atoms with Crippen molar-refractivity contribution in [3.63, 3.8) is 0 Å². The molecule has 0 radical (unpaired) electrons. The highest BCUT2D eigenvalue weighted by Crippen LogP contribution is 2.32. The molecule has 2 aromatic carbocycles. The van der Waals surface area contributed by atoms with Gasteiger partial charge in [-0.1, -0.05) is 50.6 Å². The van der Waals surface area contributed by atoms with E-state index in [0.717, 1.165) is 12.4 Å². The summed E-state index contributed by atoms with van der Waals surface area (Å²) in [5, 5.41) is 14.5. The number of hydrogen-bond donors (Lipinski definition) is 4. The van der Waals surface area contributed by atoms with Gasteiger partial charge < -0.3 is 21.7 Å². The molecule has 0 spiro atoms. The fourth-order valence-electron chi connectivity index (χ4n) is 4.14. The maximum absolute atomic E-state index is 4.61. The number of unbranched alkanes of at least 4 members (excludes halogenated alkanes) is 2. The number of aromatic nitrogens is 2. The number of nitrogens with two attached hydrogens (primary N) is 1. The van der Waals surface area contributed by atoms with E-state index in [9.17, 15) is 0 Å². The van der Waals surface area contributed by atoms with Gasteiger partial charge in [0.05, 0.1) is 12.2 Å². The van der Waals surface area contributed by atoms with Crippen molar-refractivity contribution in [2.75, 3.05) is 29.5 Å². The lowest BCUT2D eigenvalue weighted by Crippen LogP contribution is -2.19. The molecule has 0 fully saturated rings. The molecule has 6 nitrogen and oxygen atoms in total. The number of aryl methyl sites for hydroxylation is 3. The van der Waals surface area contributed by atoms with E-state index in [2.05, 4.69) is 117 Å². The molecule has 36 heavy (non-hydrogen) atoms. The van der Waals surface area contributed by atoms with Crippen LogP contribution in [-0.2, 0) is 0 Å². The minimum absolute atomic E-state index is 0.231. The van der Waals surface area contributed by atoms with Gasteiger partial charge in [-0.2, -0.15) is 5.10 Å². The van der Waals surface area contributed by atoms with E-state index in [-0.39, 0.29) is 6.04 Å². The fourth-order valence-corrected chi connectivity index (χ4v) is 4.14. The summed E-state index contributed by atoms with van der Waals surface area (Å²) in [6.07, 6.45) is 9.21. The molecular formula is C30H44N6. The Morgan fingerprint density at radius 3 is 2.42 bits per heavy atom. The van der Waals surface area contributed by atoms with E-state index in [0.29, 0.717) is 0 Å². The Balaban J connectivity index is 0.000000233. The van der Waals surface area contributed by atoms with E-state index < -0.39 is 0 Å². The fraction of sp³-hybridized carbons (Fsp3) is 0.367. The third-order valence-corrected chi connectivity index (χ3v) is 6.12. The van der Waals surface area contributed by atoms with Crippen molar-refractivity contribution in [1.29, 1.82) is 0 Å². The monoisotopic (exact) mass is 488 g/mol. The number of allylic oxidation sites excluding steroid dienone is 1. The molecule has 1 atom stereocenters. The van der Waals surface area contributed by atoms with Crippen LogP contribution in [0.4, 0.5) is 17.2 Å². The van der Waals surface area contributed by atoms with Gasteiger partial charge in [0.25, 0.3) is 0 Å². The van der Waals surface area contributed by atoms with Crippen LogP contribution in [0.5, 0.6) is 0 Å². The van der Waals surface area contributed by atoms with Crippen LogP contribution in [0.2, 0.25) is 0 Å². The van der Waals surface area contributed by atoms with Crippen molar-refractivity contribution in [3.8, 4) is 0 Å². The normalized spacial score (nSPS) is 13.5. The Labute approximate surface area is 217 Å². The minimum Gasteiger partial charge on any atom is -0.405 e. The molecule has 1 aliphatic heterocycles. The number of rotatable bonds is 7. The van der Waals surface area contributed by atoms with Crippen molar-refractivity contribution >= 4 is 22.9 Å². The van der Waals surface area contributed by atoms with E-state index in [1.54, 1.807) is 0 Å². The lowest BCUT2D eigenvalue weighted by Gasteiger charge is -2.25. The first-order valence-corrected chi connectivity index (χ1v) is 12.8. The molecule has 1 aliphatic rings. The van der Waals surface area contributed by atoms with Gasteiger partial charge in [0, 0.05) is 36.2 Å².